The van der Waals surface area contributed by atoms with Crippen LogP contribution in [0.2, 0.25) is 0 Å². The zero-order chi connectivity index (χ0) is 9.80. The fraction of sp³-hybridized carbons (Fsp3) is 0.778. The maximum atomic E-state index is 5.58. The Kier molecular flexibility index (Phi) is 3.10. The van der Waals surface area contributed by atoms with Crippen molar-refractivity contribution >= 4 is 0 Å². The second-order valence-electron chi connectivity index (χ2n) is 3.53. The second kappa shape index (κ2) is 4.52. The van der Waals surface area contributed by atoms with Gasteiger partial charge in [0.2, 0.25) is 0 Å². The predicted octanol–water partition coefficient (Wildman–Crippen LogP) is 0.547. The molecular formula is C9H16N4O. The molecule has 0 aromatic carbocycles. The van der Waals surface area contributed by atoms with Crippen molar-refractivity contribution in [3.05, 3.63) is 11.6 Å². The Morgan fingerprint density at radius 1 is 1.50 bits per heavy atom. The van der Waals surface area contributed by atoms with Crippen molar-refractivity contribution in [2.45, 2.75) is 31.8 Å². The molecule has 2 rings (SSSR count). The van der Waals surface area contributed by atoms with Crippen LogP contribution in [0.1, 0.15) is 37.0 Å². The molecule has 14 heavy (non-hydrogen) atoms. The van der Waals surface area contributed by atoms with Crippen LogP contribution >= 0.6 is 0 Å². The number of H-pyrrole nitrogens is 1. The first-order chi connectivity index (χ1) is 6.90. The van der Waals surface area contributed by atoms with Gasteiger partial charge in [-0.1, -0.05) is 0 Å². The van der Waals surface area contributed by atoms with Crippen LogP contribution in [0, 0.1) is 0 Å². The molecule has 1 aliphatic rings. The highest BCUT2D eigenvalue weighted by Crippen LogP contribution is 2.24. The average molecular weight is 196 g/mol. The normalized spacial score (nSPS) is 22.5. The van der Waals surface area contributed by atoms with Gasteiger partial charge in [0.05, 0.1) is 0 Å². The molecule has 1 aromatic rings. The lowest BCUT2D eigenvalue weighted by Gasteiger charge is -2.19. The van der Waals surface area contributed by atoms with E-state index in [9.17, 15) is 0 Å². The van der Waals surface area contributed by atoms with Crippen LogP contribution in [-0.2, 0) is 11.2 Å². The third-order valence-electron chi connectivity index (χ3n) is 2.40. The molecular weight excluding hydrogens is 180 g/mol. The fourth-order valence-corrected chi connectivity index (χ4v) is 1.65. The Morgan fingerprint density at radius 2 is 2.43 bits per heavy atom. The number of hydrogen-bond donors (Lipinski definition) is 2. The molecule has 1 fully saturated rings. The lowest BCUT2D eigenvalue weighted by Crippen LogP contribution is -2.13. The van der Waals surface area contributed by atoms with Crippen molar-refractivity contribution in [3.8, 4) is 0 Å². The Hall–Kier alpha value is -0.940. The number of nitrogens with one attached hydrogen (secondary N) is 1. The first-order valence-electron chi connectivity index (χ1n) is 5.13. The van der Waals surface area contributed by atoms with Crippen molar-refractivity contribution in [1.82, 2.24) is 15.2 Å². The zero-order valence-electron chi connectivity index (χ0n) is 8.20. The Bertz CT molecular complexity index is 280. The molecule has 1 aromatic heterocycles. The van der Waals surface area contributed by atoms with Gasteiger partial charge in [0.15, 0.2) is 5.82 Å². The highest BCUT2D eigenvalue weighted by Gasteiger charge is 2.19. The summed E-state index contributed by atoms with van der Waals surface area (Å²) in [5.74, 6) is 1.64. The number of aromatic amines is 1. The van der Waals surface area contributed by atoms with Crippen LogP contribution in [0.4, 0.5) is 0 Å². The van der Waals surface area contributed by atoms with E-state index >= 15 is 0 Å². The van der Waals surface area contributed by atoms with Crippen LogP contribution in [0.25, 0.3) is 0 Å². The van der Waals surface area contributed by atoms with Gasteiger partial charge in [0, 0.05) is 13.0 Å². The van der Waals surface area contributed by atoms with Gasteiger partial charge in [-0.2, -0.15) is 5.10 Å². The summed E-state index contributed by atoms with van der Waals surface area (Å²) < 4.78 is 5.58. The summed E-state index contributed by atoms with van der Waals surface area (Å²) in [4.78, 5) is 4.35. The smallest absolute Gasteiger partial charge is 0.179 e. The van der Waals surface area contributed by atoms with Gasteiger partial charge in [-0.25, -0.2) is 4.98 Å². The van der Waals surface area contributed by atoms with Crippen LogP contribution in [0.15, 0.2) is 0 Å². The summed E-state index contributed by atoms with van der Waals surface area (Å²) in [6, 6.07) is 0. The molecule has 78 valence electrons. The minimum absolute atomic E-state index is 0.0894. The van der Waals surface area contributed by atoms with Crippen LogP contribution in [0.3, 0.4) is 0 Å². The topological polar surface area (TPSA) is 76.8 Å². The molecule has 5 heteroatoms. The monoisotopic (exact) mass is 196 g/mol. The summed E-state index contributed by atoms with van der Waals surface area (Å²) in [6.07, 6.45) is 4.22. The minimum atomic E-state index is 0.0894. The molecule has 0 saturated carbocycles. The van der Waals surface area contributed by atoms with Crippen LogP contribution in [0.5, 0.6) is 0 Å². The molecule has 0 radical (unpaired) electrons. The standard InChI is InChI=1S/C9H16N4O/c10-5-4-8-11-9(13-12-8)7-3-1-2-6-14-7/h7H,1-6,10H2,(H,11,12,13). The van der Waals surface area contributed by atoms with E-state index in [1.165, 1.54) is 6.42 Å². The van der Waals surface area contributed by atoms with Gasteiger partial charge in [-0.3, -0.25) is 5.10 Å². The van der Waals surface area contributed by atoms with E-state index in [0.717, 1.165) is 37.5 Å². The van der Waals surface area contributed by atoms with E-state index in [1.807, 2.05) is 0 Å². The van der Waals surface area contributed by atoms with E-state index in [1.54, 1.807) is 0 Å². The molecule has 3 N–H and O–H groups in total. The summed E-state index contributed by atoms with van der Waals surface area (Å²) in [5.41, 5.74) is 5.43. The molecule has 1 aliphatic heterocycles. The van der Waals surface area contributed by atoms with E-state index in [0.29, 0.717) is 6.54 Å². The maximum absolute atomic E-state index is 5.58. The number of nitrogens with zero attached hydrogens (tertiary/aromatic N) is 2. The zero-order valence-corrected chi connectivity index (χ0v) is 8.20. The summed E-state index contributed by atoms with van der Waals surface area (Å²) in [7, 11) is 0. The Morgan fingerprint density at radius 3 is 3.14 bits per heavy atom. The predicted molar refractivity (Wildman–Crippen MR) is 51.7 cm³/mol. The average Bonchev–Trinajstić information content (AvgIpc) is 2.68. The van der Waals surface area contributed by atoms with Crippen molar-refractivity contribution in [1.29, 1.82) is 0 Å². The summed E-state index contributed by atoms with van der Waals surface area (Å²) >= 11 is 0. The lowest BCUT2D eigenvalue weighted by molar-refractivity contribution is 0.00963. The number of ether oxygens (including phenoxy) is 1. The van der Waals surface area contributed by atoms with E-state index in [-0.39, 0.29) is 6.10 Å². The molecule has 1 atom stereocenters. The van der Waals surface area contributed by atoms with Gasteiger partial charge < -0.3 is 10.5 Å². The minimum Gasteiger partial charge on any atom is -0.370 e. The molecule has 0 spiro atoms. The molecule has 0 amide bonds. The Labute approximate surface area is 83.1 Å². The largest absolute Gasteiger partial charge is 0.370 e. The number of rotatable bonds is 3. The molecule has 5 nitrogen and oxygen atoms in total. The highest BCUT2D eigenvalue weighted by molar-refractivity contribution is 4.95. The van der Waals surface area contributed by atoms with Crippen molar-refractivity contribution in [3.63, 3.8) is 0 Å². The van der Waals surface area contributed by atoms with Gasteiger partial charge >= 0.3 is 0 Å². The van der Waals surface area contributed by atoms with Gasteiger partial charge in [-0.15, -0.1) is 0 Å². The Balaban J connectivity index is 2.00. The van der Waals surface area contributed by atoms with Crippen molar-refractivity contribution in [2.75, 3.05) is 13.2 Å². The second-order valence-corrected chi connectivity index (χ2v) is 3.53. The van der Waals surface area contributed by atoms with Gasteiger partial charge in [0.25, 0.3) is 0 Å². The van der Waals surface area contributed by atoms with Gasteiger partial charge in [0.1, 0.15) is 11.9 Å². The summed E-state index contributed by atoms with van der Waals surface area (Å²) in [6.45, 7) is 1.42. The summed E-state index contributed by atoms with van der Waals surface area (Å²) in [5, 5.41) is 7.02. The number of hydrogen-bond acceptors (Lipinski definition) is 4. The number of aromatic nitrogens is 3. The molecule has 1 saturated heterocycles. The van der Waals surface area contributed by atoms with E-state index in [4.69, 9.17) is 10.5 Å². The van der Waals surface area contributed by atoms with Crippen molar-refractivity contribution in [2.24, 2.45) is 5.73 Å². The molecule has 0 aliphatic carbocycles. The maximum Gasteiger partial charge on any atom is 0.179 e. The SMILES string of the molecule is NCCc1nc(C2CCCCO2)n[nH]1. The lowest BCUT2D eigenvalue weighted by atomic mass is 10.1. The van der Waals surface area contributed by atoms with E-state index < -0.39 is 0 Å². The van der Waals surface area contributed by atoms with E-state index in [2.05, 4.69) is 15.2 Å². The fourth-order valence-electron chi connectivity index (χ4n) is 1.65. The third kappa shape index (κ3) is 2.10. The van der Waals surface area contributed by atoms with Crippen LogP contribution in [-0.4, -0.2) is 28.3 Å². The molecule has 2 heterocycles. The highest BCUT2D eigenvalue weighted by atomic mass is 16.5. The third-order valence-corrected chi connectivity index (χ3v) is 2.40. The molecule has 0 bridgehead atoms. The van der Waals surface area contributed by atoms with Gasteiger partial charge in [-0.05, 0) is 25.8 Å². The quantitative estimate of drug-likeness (QED) is 0.740. The van der Waals surface area contributed by atoms with Crippen molar-refractivity contribution < 1.29 is 4.74 Å². The number of nitrogens with two attached hydrogens (primary N) is 1. The first-order valence-corrected chi connectivity index (χ1v) is 5.13. The first kappa shape index (κ1) is 9.61. The van der Waals surface area contributed by atoms with Crippen LogP contribution < -0.4 is 5.73 Å². The molecule has 1 unspecified atom stereocenters.